The van der Waals surface area contributed by atoms with E-state index in [1.807, 2.05) is 4.90 Å². The molecular formula is C28H27F6N3O5S. The van der Waals surface area contributed by atoms with Crippen LogP contribution in [0.15, 0.2) is 46.3 Å². The largest absolute Gasteiger partial charge is 0.493 e. The lowest BCUT2D eigenvalue weighted by atomic mass is 10.0. The van der Waals surface area contributed by atoms with Gasteiger partial charge < -0.3 is 23.8 Å². The van der Waals surface area contributed by atoms with Crippen LogP contribution in [0.2, 0.25) is 0 Å². The second-order valence-electron chi connectivity index (χ2n) is 9.84. The van der Waals surface area contributed by atoms with Gasteiger partial charge in [0.2, 0.25) is 0 Å². The zero-order chi connectivity index (χ0) is 30.8. The molecule has 15 heteroatoms. The number of halogens is 6. The van der Waals surface area contributed by atoms with Crippen molar-refractivity contribution in [1.82, 2.24) is 9.80 Å². The van der Waals surface area contributed by atoms with Crippen LogP contribution >= 0.6 is 11.8 Å². The normalized spacial score (nSPS) is 19.8. The van der Waals surface area contributed by atoms with Gasteiger partial charge in [0.15, 0.2) is 23.0 Å². The van der Waals surface area contributed by atoms with Crippen LogP contribution in [0, 0.1) is 0 Å². The van der Waals surface area contributed by atoms with Crippen LogP contribution in [0.25, 0.3) is 6.08 Å². The first-order chi connectivity index (χ1) is 20.4. The lowest BCUT2D eigenvalue weighted by molar-refractivity contribution is -0.143. The van der Waals surface area contributed by atoms with Gasteiger partial charge in [0.1, 0.15) is 6.61 Å². The molecule has 0 unspecified atom stereocenters. The third kappa shape index (κ3) is 7.63. The maximum Gasteiger partial charge on any atom is 0.416 e. The molecule has 5 rings (SSSR count). The highest BCUT2D eigenvalue weighted by molar-refractivity contribution is 8.18. The molecule has 0 saturated carbocycles. The third-order valence-corrected chi connectivity index (χ3v) is 8.01. The van der Waals surface area contributed by atoms with Crippen molar-refractivity contribution >= 4 is 28.9 Å². The van der Waals surface area contributed by atoms with Gasteiger partial charge in [-0.2, -0.15) is 31.3 Å². The van der Waals surface area contributed by atoms with Gasteiger partial charge in [-0.3, -0.25) is 9.69 Å². The van der Waals surface area contributed by atoms with Crippen molar-refractivity contribution in [3.05, 3.63) is 63.6 Å². The summed E-state index contributed by atoms with van der Waals surface area (Å²) in [6, 6.07) is 5.96. The lowest BCUT2D eigenvalue weighted by Crippen LogP contribution is -2.49. The Morgan fingerprint density at radius 3 is 2.35 bits per heavy atom. The van der Waals surface area contributed by atoms with Crippen LogP contribution in [0.1, 0.15) is 22.3 Å². The number of aliphatic imine (C=N–C) groups is 1. The lowest BCUT2D eigenvalue weighted by Gasteiger charge is -2.35. The molecule has 0 N–H and O–H groups in total. The molecule has 1 amide bonds. The minimum Gasteiger partial charge on any atom is -0.493 e. The van der Waals surface area contributed by atoms with E-state index in [-0.39, 0.29) is 23.9 Å². The fourth-order valence-electron chi connectivity index (χ4n) is 4.72. The number of nitrogens with zero attached hydrogens (tertiary/aromatic N) is 3. The maximum atomic E-state index is 13.5. The highest BCUT2D eigenvalue weighted by atomic mass is 32.2. The van der Waals surface area contributed by atoms with Crippen LogP contribution in [0.3, 0.4) is 0 Å². The number of amides is 1. The number of methoxy groups -OCH3 is 1. The number of carbonyl (C=O) groups is 1. The zero-order valence-corrected chi connectivity index (χ0v) is 23.7. The SMILES string of the molecule is COc1cc(/C=C2\SC(N3CCN(CC4OCCO4)CC3)=NC2=O)ccc1OCc1ccc(C(F)(F)F)cc1C(F)(F)F. The van der Waals surface area contributed by atoms with E-state index >= 15 is 0 Å². The Labute approximate surface area is 247 Å². The molecule has 2 saturated heterocycles. The van der Waals surface area contributed by atoms with E-state index < -0.39 is 41.6 Å². The van der Waals surface area contributed by atoms with Crippen molar-refractivity contribution in [2.24, 2.45) is 4.99 Å². The summed E-state index contributed by atoms with van der Waals surface area (Å²) in [4.78, 5) is 21.5. The van der Waals surface area contributed by atoms with E-state index in [9.17, 15) is 31.1 Å². The Morgan fingerprint density at radius 2 is 1.70 bits per heavy atom. The number of carbonyl (C=O) groups excluding carboxylic acids is 1. The molecule has 0 spiro atoms. The Hall–Kier alpha value is -3.27. The molecule has 0 radical (unpaired) electrons. The van der Waals surface area contributed by atoms with Crippen LogP contribution in [-0.2, 0) is 33.2 Å². The summed E-state index contributed by atoms with van der Waals surface area (Å²) in [5.74, 6) is -0.152. The summed E-state index contributed by atoms with van der Waals surface area (Å²) in [6.07, 6.45) is -8.53. The number of benzene rings is 2. The second-order valence-corrected chi connectivity index (χ2v) is 10.8. The van der Waals surface area contributed by atoms with Gasteiger partial charge in [0.05, 0.1) is 36.4 Å². The second kappa shape index (κ2) is 12.8. The zero-order valence-electron chi connectivity index (χ0n) is 22.8. The van der Waals surface area contributed by atoms with E-state index in [1.165, 1.54) is 31.0 Å². The van der Waals surface area contributed by atoms with E-state index in [4.69, 9.17) is 18.9 Å². The maximum absolute atomic E-state index is 13.5. The van der Waals surface area contributed by atoms with Crippen molar-refractivity contribution in [2.75, 3.05) is 53.0 Å². The first-order valence-electron chi connectivity index (χ1n) is 13.2. The number of piperazine rings is 1. The summed E-state index contributed by atoms with van der Waals surface area (Å²) >= 11 is 1.25. The van der Waals surface area contributed by atoms with Crippen molar-refractivity contribution in [2.45, 2.75) is 25.2 Å². The Morgan fingerprint density at radius 1 is 0.977 bits per heavy atom. The molecule has 3 heterocycles. The molecule has 8 nitrogen and oxygen atoms in total. The molecule has 0 aliphatic carbocycles. The smallest absolute Gasteiger partial charge is 0.416 e. The minimum atomic E-state index is -5.01. The van der Waals surface area contributed by atoms with Crippen LogP contribution in [0.5, 0.6) is 11.5 Å². The molecular weight excluding hydrogens is 604 g/mol. The first kappa shape index (κ1) is 31.2. The summed E-state index contributed by atoms with van der Waals surface area (Å²) < 4.78 is 101. The van der Waals surface area contributed by atoms with Crippen LogP contribution in [0.4, 0.5) is 26.3 Å². The standard InChI is InChI=1S/C28H27F6N3O5S/c1-39-22-12-17(2-5-21(22)42-16-18-3-4-19(27(29,30)31)14-20(18)28(32,33)34)13-23-25(38)35-26(43-23)37-8-6-36(7-9-37)15-24-40-10-11-41-24/h2-5,12-14,24H,6-11,15-16H2,1H3/b23-13-. The molecule has 0 aromatic heterocycles. The molecule has 3 aliphatic rings. The Balaban J connectivity index is 1.22. The van der Waals surface area contributed by atoms with Gasteiger partial charge in [0.25, 0.3) is 5.91 Å². The molecule has 2 aromatic carbocycles. The first-order valence-corrected chi connectivity index (χ1v) is 14.0. The van der Waals surface area contributed by atoms with Gasteiger partial charge in [-0.25, -0.2) is 0 Å². The van der Waals surface area contributed by atoms with E-state index in [1.54, 1.807) is 12.1 Å². The quantitative estimate of drug-likeness (QED) is 0.303. The van der Waals surface area contributed by atoms with E-state index in [0.29, 0.717) is 54.6 Å². The summed E-state index contributed by atoms with van der Waals surface area (Å²) in [5, 5.41) is 0.605. The topological polar surface area (TPSA) is 72.8 Å². The van der Waals surface area contributed by atoms with Crippen LogP contribution < -0.4 is 9.47 Å². The van der Waals surface area contributed by atoms with E-state index in [0.717, 1.165) is 19.2 Å². The Kier molecular flexibility index (Phi) is 9.25. The molecule has 232 valence electrons. The fraction of sp³-hybridized carbons (Fsp3) is 0.429. The number of alkyl halides is 6. The van der Waals surface area contributed by atoms with Crippen molar-refractivity contribution < 1.29 is 50.1 Å². The predicted octanol–water partition coefficient (Wildman–Crippen LogP) is 5.27. The van der Waals surface area contributed by atoms with Gasteiger partial charge in [-0.15, -0.1) is 0 Å². The molecule has 2 fully saturated rings. The number of thioether (sulfide) groups is 1. The van der Waals surface area contributed by atoms with Crippen molar-refractivity contribution in [3.63, 3.8) is 0 Å². The number of hydrogen-bond acceptors (Lipinski definition) is 8. The van der Waals surface area contributed by atoms with Gasteiger partial charge in [-0.1, -0.05) is 12.1 Å². The van der Waals surface area contributed by atoms with E-state index in [2.05, 4.69) is 9.89 Å². The summed E-state index contributed by atoms with van der Waals surface area (Å²) in [5.41, 5.74) is -2.75. The predicted molar refractivity (Wildman–Crippen MR) is 145 cm³/mol. The van der Waals surface area contributed by atoms with Gasteiger partial charge in [-0.05, 0) is 47.7 Å². The number of rotatable bonds is 7. The molecule has 0 atom stereocenters. The number of amidine groups is 1. The molecule has 0 bridgehead atoms. The van der Waals surface area contributed by atoms with Crippen molar-refractivity contribution in [1.29, 1.82) is 0 Å². The molecule has 43 heavy (non-hydrogen) atoms. The van der Waals surface area contributed by atoms with Crippen molar-refractivity contribution in [3.8, 4) is 11.5 Å². The molecule has 2 aromatic rings. The van der Waals surface area contributed by atoms with Gasteiger partial charge >= 0.3 is 12.4 Å². The average Bonchev–Trinajstić information content (AvgIpc) is 3.61. The van der Waals surface area contributed by atoms with Crippen LogP contribution in [-0.4, -0.2) is 80.2 Å². The van der Waals surface area contributed by atoms with Gasteiger partial charge in [0, 0.05) is 38.3 Å². The highest BCUT2D eigenvalue weighted by Crippen LogP contribution is 2.39. The summed E-state index contributed by atoms with van der Waals surface area (Å²) in [6.45, 7) is 4.15. The highest BCUT2D eigenvalue weighted by Gasteiger charge is 2.38. The molecule has 3 aliphatic heterocycles. The summed E-state index contributed by atoms with van der Waals surface area (Å²) in [7, 11) is 1.33. The average molecular weight is 632 g/mol. The third-order valence-electron chi connectivity index (χ3n) is 6.96. The minimum absolute atomic E-state index is 0.0676. The monoisotopic (exact) mass is 631 g/mol. The Bertz CT molecular complexity index is 1400. The number of ether oxygens (including phenoxy) is 4. The fourth-order valence-corrected chi connectivity index (χ4v) is 5.69. The number of hydrogen-bond donors (Lipinski definition) is 0.